The van der Waals surface area contributed by atoms with Crippen molar-refractivity contribution in [2.45, 2.75) is 13.8 Å². The standard InChI is InChI=1S/C7H8BF3N/c1-5-3-4-7(6(2)12-5)8(9,10)11/h3-4H,1-2H3/q-1. The molecule has 12 heavy (non-hydrogen) atoms. The quantitative estimate of drug-likeness (QED) is 0.591. The predicted octanol–water partition coefficient (Wildman–Crippen LogP) is 1.75. The molecule has 1 heterocycles. The fraction of sp³-hybridized carbons (Fsp3) is 0.286. The molecule has 0 spiro atoms. The first-order chi connectivity index (χ1) is 5.41. The van der Waals surface area contributed by atoms with Crippen LogP contribution in [0, 0.1) is 13.8 Å². The highest BCUT2D eigenvalue weighted by Gasteiger charge is 2.27. The van der Waals surface area contributed by atoms with Gasteiger partial charge < -0.3 is 12.9 Å². The van der Waals surface area contributed by atoms with E-state index in [-0.39, 0.29) is 5.69 Å². The van der Waals surface area contributed by atoms with E-state index < -0.39 is 12.4 Å². The molecule has 1 nitrogen and oxygen atoms in total. The van der Waals surface area contributed by atoms with Gasteiger partial charge >= 0.3 is 6.98 Å². The fourth-order valence-corrected chi connectivity index (χ4v) is 1.04. The van der Waals surface area contributed by atoms with Gasteiger partial charge in [-0.15, -0.1) is 0 Å². The molecule has 0 aromatic carbocycles. The third-order valence-corrected chi connectivity index (χ3v) is 1.62. The van der Waals surface area contributed by atoms with Crippen molar-refractivity contribution in [3.8, 4) is 0 Å². The molecule has 1 aromatic rings. The van der Waals surface area contributed by atoms with Crippen LogP contribution in [0.2, 0.25) is 0 Å². The molecule has 0 unspecified atom stereocenters. The van der Waals surface area contributed by atoms with Crippen LogP contribution < -0.4 is 5.46 Å². The minimum Gasteiger partial charge on any atom is -0.445 e. The molecule has 0 fully saturated rings. The van der Waals surface area contributed by atoms with Crippen molar-refractivity contribution in [3.05, 3.63) is 23.5 Å². The first-order valence-electron chi connectivity index (χ1n) is 3.55. The largest absolute Gasteiger partial charge is 0.511 e. The predicted molar refractivity (Wildman–Crippen MR) is 42.4 cm³/mol. The molecule has 0 N–H and O–H groups in total. The van der Waals surface area contributed by atoms with Crippen LogP contribution in [0.3, 0.4) is 0 Å². The van der Waals surface area contributed by atoms with E-state index in [1.165, 1.54) is 13.0 Å². The van der Waals surface area contributed by atoms with E-state index in [9.17, 15) is 12.9 Å². The number of hydrogen-bond acceptors (Lipinski definition) is 1. The Morgan fingerprint density at radius 1 is 1.17 bits per heavy atom. The first-order valence-corrected chi connectivity index (χ1v) is 3.55. The first kappa shape index (κ1) is 9.10. The maximum Gasteiger partial charge on any atom is 0.511 e. The summed E-state index contributed by atoms with van der Waals surface area (Å²) >= 11 is 0. The van der Waals surface area contributed by atoms with Crippen LogP contribution in [0.1, 0.15) is 11.4 Å². The molecule has 0 saturated carbocycles. The molecule has 0 saturated heterocycles. The van der Waals surface area contributed by atoms with Crippen molar-refractivity contribution < 1.29 is 12.9 Å². The van der Waals surface area contributed by atoms with Crippen molar-refractivity contribution in [2.24, 2.45) is 0 Å². The maximum absolute atomic E-state index is 12.2. The Kier molecular flexibility index (Phi) is 2.13. The van der Waals surface area contributed by atoms with Gasteiger partial charge in [0.2, 0.25) is 0 Å². The van der Waals surface area contributed by atoms with Crippen molar-refractivity contribution in [3.63, 3.8) is 0 Å². The van der Waals surface area contributed by atoms with Gasteiger partial charge in [-0.25, -0.2) is 0 Å². The second kappa shape index (κ2) is 2.81. The van der Waals surface area contributed by atoms with E-state index in [0.29, 0.717) is 5.69 Å². The van der Waals surface area contributed by atoms with E-state index in [4.69, 9.17) is 0 Å². The summed E-state index contributed by atoms with van der Waals surface area (Å²) in [6.45, 7) is -1.87. The summed E-state index contributed by atoms with van der Waals surface area (Å²) in [5.41, 5.74) is 0.0689. The molecule has 66 valence electrons. The summed E-state index contributed by atoms with van der Waals surface area (Å²) < 4.78 is 36.6. The highest BCUT2D eigenvalue weighted by Crippen LogP contribution is 2.10. The molecule has 0 bridgehead atoms. The van der Waals surface area contributed by atoms with E-state index in [1.54, 1.807) is 6.92 Å². The number of pyridine rings is 1. The SMILES string of the molecule is Cc1ccc([B-](F)(F)F)c(C)n1. The molecule has 0 amide bonds. The van der Waals surface area contributed by atoms with Crippen LogP contribution in [0.4, 0.5) is 12.9 Å². The van der Waals surface area contributed by atoms with E-state index >= 15 is 0 Å². The van der Waals surface area contributed by atoms with Gasteiger partial charge in [0, 0.05) is 11.4 Å². The number of aromatic nitrogens is 1. The van der Waals surface area contributed by atoms with Crippen LogP contribution in [0.25, 0.3) is 0 Å². The van der Waals surface area contributed by atoms with Gasteiger partial charge in [-0.1, -0.05) is 11.5 Å². The van der Waals surface area contributed by atoms with Gasteiger partial charge in [0.1, 0.15) is 0 Å². The van der Waals surface area contributed by atoms with Crippen molar-refractivity contribution in [2.75, 3.05) is 0 Å². The lowest BCUT2D eigenvalue weighted by atomic mass is 9.79. The topological polar surface area (TPSA) is 12.9 Å². The monoisotopic (exact) mass is 174 g/mol. The van der Waals surface area contributed by atoms with Gasteiger partial charge in [0.05, 0.1) is 0 Å². The highest BCUT2D eigenvalue weighted by molar-refractivity contribution is 6.73. The molecule has 5 heteroatoms. The van der Waals surface area contributed by atoms with E-state index in [1.807, 2.05) is 0 Å². The second-order valence-electron chi connectivity index (χ2n) is 2.70. The van der Waals surface area contributed by atoms with Gasteiger partial charge in [0.25, 0.3) is 0 Å². The Hall–Kier alpha value is -0.995. The minimum atomic E-state index is -4.91. The molecule has 0 aliphatic rings. The Bertz CT molecular complexity index is 295. The van der Waals surface area contributed by atoms with Crippen molar-refractivity contribution in [1.82, 2.24) is 4.98 Å². The fourth-order valence-electron chi connectivity index (χ4n) is 1.04. The van der Waals surface area contributed by atoms with Crippen LogP contribution in [0.15, 0.2) is 12.1 Å². The van der Waals surface area contributed by atoms with Crippen molar-refractivity contribution in [1.29, 1.82) is 0 Å². The molecule has 1 rings (SSSR count). The summed E-state index contributed by atoms with van der Waals surface area (Å²) in [5.74, 6) is 0. The third-order valence-electron chi connectivity index (χ3n) is 1.62. The molecule has 1 aromatic heterocycles. The molecule has 0 aliphatic heterocycles. The second-order valence-corrected chi connectivity index (χ2v) is 2.70. The number of aryl methyl sites for hydroxylation is 2. The Labute approximate surface area is 68.7 Å². The van der Waals surface area contributed by atoms with Crippen molar-refractivity contribution >= 4 is 12.4 Å². The molecular weight excluding hydrogens is 166 g/mol. The number of rotatable bonds is 1. The average Bonchev–Trinajstić information content (AvgIpc) is 1.83. The lowest BCUT2D eigenvalue weighted by Gasteiger charge is -2.16. The van der Waals surface area contributed by atoms with Crippen LogP contribution in [-0.4, -0.2) is 12.0 Å². The van der Waals surface area contributed by atoms with Crippen LogP contribution >= 0.6 is 0 Å². The molecule has 0 radical (unpaired) electrons. The lowest BCUT2D eigenvalue weighted by Crippen LogP contribution is -2.36. The zero-order chi connectivity index (χ0) is 9.35. The zero-order valence-corrected chi connectivity index (χ0v) is 6.81. The Morgan fingerprint density at radius 2 is 1.75 bits per heavy atom. The minimum absolute atomic E-state index is 0.0579. The zero-order valence-electron chi connectivity index (χ0n) is 6.81. The summed E-state index contributed by atoms with van der Waals surface area (Å²) in [6.07, 6.45) is 0. The summed E-state index contributed by atoms with van der Waals surface area (Å²) in [4.78, 5) is 3.74. The number of nitrogens with zero attached hydrogens (tertiary/aromatic N) is 1. The molecular formula is C7H8BF3N-. The van der Waals surface area contributed by atoms with Crippen LogP contribution in [-0.2, 0) is 0 Å². The van der Waals surface area contributed by atoms with E-state index in [2.05, 4.69) is 4.98 Å². The average molecular weight is 174 g/mol. The Balaban J connectivity index is 3.19. The molecule has 0 atom stereocenters. The normalized spacial score (nSPS) is 11.8. The smallest absolute Gasteiger partial charge is 0.445 e. The van der Waals surface area contributed by atoms with Crippen LogP contribution in [0.5, 0.6) is 0 Å². The number of hydrogen-bond donors (Lipinski definition) is 0. The maximum atomic E-state index is 12.2. The third kappa shape index (κ3) is 1.78. The van der Waals surface area contributed by atoms with Gasteiger partial charge in [-0.2, -0.15) is 0 Å². The van der Waals surface area contributed by atoms with Gasteiger partial charge in [0.15, 0.2) is 0 Å². The summed E-state index contributed by atoms with van der Waals surface area (Å²) in [6, 6.07) is 2.45. The van der Waals surface area contributed by atoms with Gasteiger partial charge in [-0.3, -0.25) is 4.98 Å². The summed E-state index contributed by atoms with van der Waals surface area (Å²) in [5, 5.41) is 0. The number of halogens is 3. The Morgan fingerprint density at radius 3 is 2.17 bits per heavy atom. The van der Waals surface area contributed by atoms with Gasteiger partial charge in [-0.05, 0) is 19.9 Å². The summed E-state index contributed by atoms with van der Waals surface area (Å²) in [7, 11) is 0. The highest BCUT2D eigenvalue weighted by atomic mass is 19.4. The van der Waals surface area contributed by atoms with E-state index in [0.717, 1.165) is 6.07 Å². The lowest BCUT2D eigenvalue weighted by molar-refractivity contribution is 0.500. The molecule has 0 aliphatic carbocycles.